The molecule has 0 bridgehead atoms. The molecule has 0 spiro atoms. The summed E-state index contributed by atoms with van der Waals surface area (Å²) in [5.74, 6) is 0.0283. The lowest BCUT2D eigenvalue weighted by Gasteiger charge is -2.39. The quantitative estimate of drug-likeness (QED) is 0.435. The lowest BCUT2D eigenvalue weighted by atomic mass is 9.71. The SMILES string of the molecule is CC1(F)CC(CCCOc2cccc3c2cc2n3CC(C(C)(C)C)n3cc(C(=O)O)c(=O)cc3-2)C1. The van der Waals surface area contributed by atoms with Crippen molar-refractivity contribution in [3.8, 4) is 17.1 Å². The lowest BCUT2D eigenvalue weighted by Crippen LogP contribution is -2.36. The molecular formula is C28H33FN2O4. The summed E-state index contributed by atoms with van der Waals surface area (Å²) in [5, 5.41) is 10.5. The summed E-state index contributed by atoms with van der Waals surface area (Å²) in [5.41, 5.74) is 0.758. The Labute approximate surface area is 204 Å². The van der Waals surface area contributed by atoms with E-state index >= 15 is 0 Å². The summed E-state index contributed by atoms with van der Waals surface area (Å²) in [6, 6.07) is 9.44. The first-order valence-electron chi connectivity index (χ1n) is 12.4. The average Bonchev–Trinajstić information content (AvgIpc) is 3.13. The zero-order chi connectivity index (χ0) is 25.1. The molecule has 1 saturated carbocycles. The van der Waals surface area contributed by atoms with Crippen LogP contribution in [0.25, 0.3) is 22.3 Å². The van der Waals surface area contributed by atoms with Crippen LogP contribution in [0.4, 0.5) is 4.39 Å². The van der Waals surface area contributed by atoms with Crippen molar-refractivity contribution in [3.63, 3.8) is 0 Å². The number of halogens is 1. The topological polar surface area (TPSA) is 73.5 Å². The van der Waals surface area contributed by atoms with E-state index in [1.807, 2.05) is 22.8 Å². The van der Waals surface area contributed by atoms with Gasteiger partial charge >= 0.3 is 5.97 Å². The molecule has 186 valence electrons. The number of pyridine rings is 1. The summed E-state index contributed by atoms with van der Waals surface area (Å²) in [6.45, 7) is 9.27. The van der Waals surface area contributed by atoms with Gasteiger partial charge in [0.2, 0.25) is 0 Å². The van der Waals surface area contributed by atoms with Crippen molar-refractivity contribution in [2.45, 2.75) is 71.6 Å². The number of alkyl halides is 1. The van der Waals surface area contributed by atoms with Crippen molar-refractivity contribution in [2.75, 3.05) is 6.61 Å². The lowest BCUT2D eigenvalue weighted by molar-refractivity contribution is 0.0189. The van der Waals surface area contributed by atoms with Crippen LogP contribution in [0.3, 0.4) is 0 Å². The predicted molar refractivity (Wildman–Crippen MR) is 134 cm³/mol. The number of hydrogen-bond acceptors (Lipinski definition) is 3. The molecular weight excluding hydrogens is 447 g/mol. The van der Waals surface area contributed by atoms with E-state index in [2.05, 4.69) is 31.4 Å². The molecule has 1 aromatic carbocycles. The Morgan fingerprint density at radius 3 is 2.63 bits per heavy atom. The number of aromatic nitrogens is 2. The van der Waals surface area contributed by atoms with Crippen LogP contribution >= 0.6 is 0 Å². The second-order valence-corrected chi connectivity index (χ2v) is 11.5. The Bertz CT molecular complexity index is 1350. The van der Waals surface area contributed by atoms with Crippen molar-refractivity contribution >= 4 is 16.9 Å². The molecule has 1 aliphatic carbocycles. The molecule has 7 heteroatoms. The van der Waals surface area contributed by atoms with Crippen LogP contribution in [0.15, 0.2) is 41.3 Å². The third-order valence-electron chi connectivity index (χ3n) is 7.61. The number of ether oxygens (including phenoxy) is 1. The number of carbonyl (C=O) groups is 1. The number of nitrogens with zero attached hydrogens (tertiary/aromatic N) is 2. The first kappa shape index (κ1) is 23.6. The maximum atomic E-state index is 13.7. The summed E-state index contributed by atoms with van der Waals surface area (Å²) in [7, 11) is 0. The Hall–Kier alpha value is -3.09. The van der Waals surface area contributed by atoms with E-state index in [1.54, 1.807) is 6.92 Å². The minimum atomic E-state index is -1.21. The molecule has 3 heterocycles. The minimum absolute atomic E-state index is 0.0347. The highest BCUT2D eigenvalue weighted by Crippen LogP contribution is 2.44. The van der Waals surface area contributed by atoms with Crippen LogP contribution in [-0.4, -0.2) is 32.5 Å². The first-order chi connectivity index (χ1) is 16.4. The molecule has 1 fully saturated rings. The first-order valence-corrected chi connectivity index (χ1v) is 12.4. The van der Waals surface area contributed by atoms with Crippen LogP contribution in [0, 0.1) is 11.3 Å². The van der Waals surface area contributed by atoms with Crippen LogP contribution in [-0.2, 0) is 6.54 Å². The second-order valence-electron chi connectivity index (χ2n) is 11.5. The Balaban J connectivity index is 1.48. The van der Waals surface area contributed by atoms with Crippen molar-refractivity contribution in [1.82, 2.24) is 9.13 Å². The largest absolute Gasteiger partial charge is 0.493 e. The molecule has 35 heavy (non-hydrogen) atoms. The van der Waals surface area contributed by atoms with Crippen molar-refractivity contribution in [3.05, 3.63) is 52.3 Å². The third kappa shape index (κ3) is 4.26. The predicted octanol–water partition coefficient (Wildman–Crippen LogP) is 6.07. The summed E-state index contributed by atoms with van der Waals surface area (Å²) >= 11 is 0. The number of aromatic carboxylic acids is 1. The molecule has 3 aromatic rings. The van der Waals surface area contributed by atoms with E-state index in [-0.39, 0.29) is 17.0 Å². The number of benzene rings is 1. The molecule has 0 radical (unpaired) electrons. The minimum Gasteiger partial charge on any atom is -0.493 e. The third-order valence-corrected chi connectivity index (χ3v) is 7.61. The van der Waals surface area contributed by atoms with Gasteiger partial charge in [-0.15, -0.1) is 0 Å². The molecule has 0 saturated heterocycles. The zero-order valence-corrected chi connectivity index (χ0v) is 20.8. The number of fused-ring (bicyclic) bond motifs is 5. The van der Waals surface area contributed by atoms with Crippen LogP contribution in [0.1, 0.15) is 69.8 Å². The van der Waals surface area contributed by atoms with Gasteiger partial charge in [0.1, 0.15) is 17.0 Å². The van der Waals surface area contributed by atoms with Gasteiger partial charge in [-0.25, -0.2) is 9.18 Å². The molecule has 1 N–H and O–H groups in total. The molecule has 1 atom stereocenters. The Morgan fingerprint density at radius 2 is 1.97 bits per heavy atom. The summed E-state index contributed by atoms with van der Waals surface area (Å²) in [4.78, 5) is 24.3. The van der Waals surface area contributed by atoms with E-state index < -0.39 is 17.1 Å². The molecule has 6 nitrogen and oxygen atoms in total. The van der Waals surface area contributed by atoms with E-state index in [4.69, 9.17) is 4.74 Å². The molecule has 1 unspecified atom stereocenters. The smallest absolute Gasteiger partial charge is 0.341 e. The van der Waals surface area contributed by atoms with Crippen molar-refractivity contribution in [1.29, 1.82) is 0 Å². The second kappa shape index (κ2) is 8.25. The molecule has 2 aromatic heterocycles. The molecule has 2 aliphatic rings. The maximum Gasteiger partial charge on any atom is 0.341 e. The van der Waals surface area contributed by atoms with Gasteiger partial charge in [0.05, 0.1) is 29.6 Å². The van der Waals surface area contributed by atoms with Gasteiger partial charge in [-0.2, -0.15) is 0 Å². The monoisotopic (exact) mass is 480 g/mol. The molecule has 5 rings (SSSR count). The van der Waals surface area contributed by atoms with Crippen LogP contribution in [0.2, 0.25) is 0 Å². The fraction of sp³-hybridized carbons (Fsp3) is 0.500. The van der Waals surface area contributed by atoms with Gasteiger partial charge in [0, 0.05) is 24.2 Å². The van der Waals surface area contributed by atoms with Gasteiger partial charge in [-0.3, -0.25) is 4.79 Å². The standard InChI is InChI=1S/C28H33FN2O4/c1-27(2,3)25-16-30-20-8-5-9-24(35-10-6-7-17-13-28(4,29)14-17)18(20)11-21(30)22-12-23(32)19(26(33)34)15-31(22)25/h5,8-9,11-12,15,17,25H,6-7,10,13-14,16H2,1-4H3,(H,33,34). The van der Waals surface area contributed by atoms with Crippen molar-refractivity contribution in [2.24, 2.45) is 11.3 Å². The zero-order valence-electron chi connectivity index (χ0n) is 20.8. The van der Waals surface area contributed by atoms with Gasteiger partial charge in [0.25, 0.3) is 0 Å². The van der Waals surface area contributed by atoms with E-state index in [0.29, 0.717) is 37.6 Å². The Morgan fingerprint density at radius 1 is 1.23 bits per heavy atom. The van der Waals surface area contributed by atoms with Gasteiger partial charge in [0.15, 0.2) is 5.43 Å². The fourth-order valence-electron chi connectivity index (χ4n) is 5.82. The van der Waals surface area contributed by atoms with Gasteiger partial charge in [-0.05, 0) is 62.1 Å². The van der Waals surface area contributed by atoms with Crippen molar-refractivity contribution < 1.29 is 19.0 Å². The van der Waals surface area contributed by atoms with Crippen LogP contribution in [0.5, 0.6) is 5.75 Å². The highest BCUT2D eigenvalue weighted by atomic mass is 19.1. The van der Waals surface area contributed by atoms with E-state index in [0.717, 1.165) is 35.2 Å². The average molecular weight is 481 g/mol. The van der Waals surface area contributed by atoms with Crippen LogP contribution < -0.4 is 10.2 Å². The number of carboxylic acids is 1. The highest BCUT2D eigenvalue weighted by molar-refractivity contribution is 5.92. The normalized spacial score (nSPS) is 23.5. The molecule has 1 aliphatic heterocycles. The number of hydrogen-bond donors (Lipinski definition) is 1. The van der Waals surface area contributed by atoms with E-state index in [1.165, 1.54) is 12.3 Å². The summed E-state index contributed by atoms with van der Waals surface area (Å²) < 4.78 is 24.1. The number of rotatable bonds is 6. The van der Waals surface area contributed by atoms with E-state index in [9.17, 15) is 19.1 Å². The Kier molecular flexibility index (Phi) is 5.57. The highest BCUT2D eigenvalue weighted by Gasteiger charge is 2.39. The summed E-state index contributed by atoms with van der Waals surface area (Å²) in [6.07, 6.45) is 4.64. The van der Waals surface area contributed by atoms with Gasteiger partial charge in [-0.1, -0.05) is 26.8 Å². The van der Waals surface area contributed by atoms with Gasteiger partial charge < -0.3 is 19.0 Å². The molecule has 0 amide bonds. The number of carboxylic acid groups (broad SMARTS) is 1. The fourth-order valence-corrected chi connectivity index (χ4v) is 5.82. The maximum absolute atomic E-state index is 13.7.